The van der Waals surface area contributed by atoms with Crippen LogP contribution in [0.2, 0.25) is 0 Å². The number of carbonyl (C=O) groups is 1. The highest BCUT2D eigenvalue weighted by atomic mass is 32.2. The predicted octanol–water partition coefficient (Wildman–Crippen LogP) is -0.556. The van der Waals surface area contributed by atoms with Crippen molar-refractivity contribution in [1.82, 2.24) is 5.32 Å². The molecule has 1 heterocycles. The van der Waals surface area contributed by atoms with Crippen LogP contribution in [0.3, 0.4) is 0 Å². The Kier molecular flexibility index (Phi) is 4.67. The van der Waals surface area contributed by atoms with Crippen LogP contribution in [0.15, 0.2) is 16.7 Å². The van der Waals surface area contributed by atoms with Gasteiger partial charge in [-0.1, -0.05) is 0 Å². The van der Waals surface area contributed by atoms with Gasteiger partial charge in [0.05, 0.1) is 19.1 Å². The topological polar surface area (TPSA) is 112 Å². The molecule has 1 rings (SSSR count). The van der Waals surface area contributed by atoms with Crippen LogP contribution in [0.25, 0.3) is 0 Å². The summed E-state index contributed by atoms with van der Waals surface area (Å²) in [5.74, 6) is -0.632. The zero-order chi connectivity index (χ0) is 12.9. The van der Waals surface area contributed by atoms with E-state index in [2.05, 4.69) is 10.1 Å². The Morgan fingerprint density at radius 1 is 1.59 bits per heavy atom. The summed E-state index contributed by atoms with van der Waals surface area (Å²) >= 11 is 0. The third-order valence-corrected chi connectivity index (χ3v) is 2.77. The zero-order valence-corrected chi connectivity index (χ0v) is 10.1. The average molecular weight is 262 g/mol. The van der Waals surface area contributed by atoms with E-state index in [0.717, 1.165) is 0 Å². The molecule has 0 aliphatic rings. The highest BCUT2D eigenvalue weighted by Gasteiger charge is 2.15. The molecule has 0 saturated carbocycles. The van der Waals surface area contributed by atoms with Crippen LogP contribution in [0.4, 0.5) is 0 Å². The predicted molar refractivity (Wildman–Crippen MR) is 59.7 cm³/mol. The van der Waals surface area contributed by atoms with Crippen LogP contribution in [0, 0.1) is 0 Å². The highest BCUT2D eigenvalue weighted by molar-refractivity contribution is 7.89. The van der Waals surface area contributed by atoms with E-state index in [1.807, 2.05) is 0 Å². The Labute approximate surface area is 99.0 Å². The second-order valence-electron chi connectivity index (χ2n) is 3.31. The molecule has 0 radical (unpaired) electrons. The number of nitrogens with two attached hydrogens (primary N) is 1. The summed E-state index contributed by atoms with van der Waals surface area (Å²) in [5, 5.41) is 7.67. The molecule has 0 aliphatic heterocycles. The third kappa shape index (κ3) is 4.55. The molecular formula is C9H14N2O5S. The maximum Gasteiger partial charge on any atom is 0.374 e. The zero-order valence-electron chi connectivity index (χ0n) is 9.30. The lowest BCUT2D eigenvalue weighted by Gasteiger charge is -2.03. The molecule has 0 atom stereocenters. The van der Waals surface area contributed by atoms with Crippen molar-refractivity contribution in [3.8, 4) is 0 Å². The molecule has 0 aromatic carbocycles. The van der Waals surface area contributed by atoms with Crippen molar-refractivity contribution >= 4 is 16.0 Å². The molecule has 0 unspecified atom stereocenters. The fourth-order valence-corrected chi connectivity index (χ4v) is 1.61. The second kappa shape index (κ2) is 5.80. The number of hydrogen-bond donors (Lipinski definition) is 2. The van der Waals surface area contributed by atoms with Crippen molar-refractivity contribution in [2.45, 2.75) is 6.54 Å². The minimum absolute atomic E-state index is 0.107. The molecule has 7 nitrogen and oxygen atoms in total. The molecule has 0 aliphatic carbocycles. The van der Waals surface area contributed by atoms with E-state index in [1.165, 1.54) is 13.4 Å². The Bertz CT molecular complexity index is 479. The van der Waals surface area contributed by atoms with Gasteiger partial charge in [0.1, 0.15) is 0 Å². The first kappa shape index (κ1) is 13.7. The van der Waals surface area contributed by atoms with Crippen LogP contribution in [-0.4, -0.2) is 33.8 Å². The quantitative estimate of drug-likeness (QED) is 0.525. The van der Waals surface area contributed by atoms with Gasteiger partial charge in [0, 0.05) is 18.7 Å². The third-order valence-electron chi connectivity index (χ3n) is 2.00. The van der Waals surface area contributed by atoms with Gasteiger partial charge in [0.2, 0.25) is 15.8 Å². The first-order valence-corrected chi connectivity index (χ1v) is 6.51. The van der Waals surface area contributed by atoms with E-state index in [0.29, 0.717) is 12.1 Å². The van der Waals surface area contributed by atoms with Gasteiger partial charge in [-0.15, -0.1) is 0 Å². The van der Waals surface area contributed by atoms with Crippen LogP contribution < -0.4 is 10.5 Å². The van der Waals surface area contributed by atoms with Gasteiger partial charge in [0.25, 0.3) is 0 Å². The summed E-state index contributed by atoms with van der Waals surface area (Å²) < 4.78 is 30.8. The SMILES string of the molecule is COC(=O)c1occc1CNCCS(N)(=O)=O. The molecule has 0 amide bonds. The molecule has 1 aromatic heterocycles. The lowest BCUT2D eigenvalue weighted by molar-refractivity contribution is 0.0563. The van der Waals surface area contributed by atoms with Gasteiger partial charge in [-0.05, 0) is 6.07 Å². The summed E-state index contributed by atoms with van der Waals surface area (Å²) in [6, 6.07) is 1.61. The number of nitrogens with one attached hydrogen (secondary N) is 1. The molecule has 3 N–H and O–H groups in total. The van der Waals surface area contributed by atoms with Gasteiger partial charge in [-0.2, -0.15) is 0 Å². The number of hydrogen-bond acceptors (Lipinski definition) is 6. The number of methoxy groups -OCH3 is 1. The standard InChI is InChI=1S/C9H14N2O5S/c1-15-9(12)8-7(2-4-16-8)6-11-3-5-17(10,13)14/h2,4,11H,3,5-6H2,1H3,(H2,10,13,14). The van der Waals surface area contributed by atoms with Gasteiger partial charge in [-0.3, -0.25) is 0 Å². The number of ether oxygens (including phenoxy) is 1. The smallest absolute Gasteiger partial charge is 0.374 e. The van der Waals surface area contributed by atoms with Gasteiger partial charge in [0.15, 0.2) is 0 Å². The fraction of sp³-hybridized carbons (Fsp3) is 0.444. The highest BCUT2D eigenvalue weighted by Crippen LogP contribution is 2.11. The van der Waals surface area contributed by atoms with Gasteiger partial charge >= 0.3 is 5.97 Å². The van der Waals surface area contributed by atoms with Crippen molar-refractivity contribution in [2.24, 2.45) is 5.14 Å². The van der Waals surface area contributed by atoms with E-state index in [1.54, 1.807) is 6.07 Å². The molecule has 8 heteroatoms. The summed E-state index contributed by atoms with van der Waals surface area (Å²) in [4.78, 5) is 11.2. The Balaban J connectivity index is 2.47. The minimum Gasteiger partial charge on any atom is -0.463 e. The molecule has 0 fully saturated rings. The van der Waals surface area contributed by atoms with Crippen molar-refractivity contribution < 1.29 is 22.4 Å². The number of furan rings is 1. The first-order valence-electron chi connectivity index (χ1n) is 4.80. The number of carbonyl (C=O) groups excluding carboxylic acids is 1. The molecule has 1 aromatic rings. The number of rotatable bonds is 6. The lowest BCUT2D eigenvalue weighted by atomic mass is 10.2. The summed E-state index contributed by atoms with van der Waals surface area (Å²) in [7, 11) is -2.22. The van der Waals surface area contributed by atoms with E-state index >= 15 is 0 Å². The summed E-state index contributed by atoms with van der Waals surface area (Å²) in [6.45, 7) is 0.501. The van der Waals surface area contributed by atoms with E-state index in [9.17, 15) is 13.2 Å². The Morgan fingerprint density at radius 3 is 2.88 bits per heavy atom. The van der Waals surface area contributed by atoms with Crippen LogP contribution in [0.5, 0.6) is 0 Å². The molecule has 0 bridgehead atoms. The van der Waals surface area contributed by atoms with Crippen LogP contribution in [0.1, 0.15) is 16.1 Å². The largest absolute Gasteiger partial charge is 0.463 e. The number of esters is 1. The molecule has 0 saturated heterocycles. The van der Waals surface area contributed by atoms with Crippen molar-refractivity contribution in [3.05, 3.63) is 23.7 Å². The fourth-order valence-electron chi connectivity index (χ4n) is 1.18. The first-order chi connectivity index (χ1) is 7.94. The van der Waals surface area contributed by atoms with Crippen molar-refractivity contribution in [3.63, 3.8) is 0 Å². The van der Waals surface area contributed by atoms with Crippen LogP contribution in [-0.2, 0) is 21.3 Å². The Hall–Kier alpha value is -1.38. The Morgan fingerprint density at radius 2 is 2.29 bits per heavy atom. The van der Waals surface area contributed by atoms with Gasteiger partial charge in [-0.25, -0.2) is 18.4 Å². The van der Waals surface area contributed by atoms with Gasteiger partial charge < -0.3 is 14.5 Å². The summed E-state index contributed by atoms with van der Waals surface area (Å²) in [6.07, 6.45) is 1.36. The maximum atomic E-state index is 11.2. The summed E-state index contributed by atoms with van der Waals surface area (Å²) in [5.41, 5.74) is 0.603. The molecule has 17 heavy (non-hydrogen) atoms. The normalized spacial score (nSPS) is 11.4. The minimum atomic E-state index is -3.47. The maximum absolute atomic E-state index is 11.2. The second-order valence-corrected chi connectivity index (χ2v) is 5.04. The van der Waals surface area contributed by atoms with E-state index in [4.69, 9.17) is 9.56 Å². The average Bonchev–Trinajstić information content (AvgIpc) is 2.70. The molecule has 96 valence electrons. The number of sulfonamides is 1. The van der Waals surface area contributed by atoms with Crippen LogP contribution >= 0.6 is 0 Å². The number of primary sulfonamides is 1. The molecule has 0 spiro atoms. The van der Waals surface area contributed by atoms with Crippen molar-refractivity contribution in [1.29, 1.82) is 0 Å². The van der Waals surface area contributed by atoms with E-state index in [-0.39, 0.29) is 18.1 Å². The van der Waals surface area contributed by atoms with Crippen molar-refractivity contribution in [2.75, 3.05) is 19.4 Å². The molecular weight excluding hydrogens is 248 g/mol. The monoisotopic (exact) mass is 262 g/mol. The lowest BCUT2D eigenvalue weighted by Crippen LogP contribution is -2.27. The van der Waals surface area contributed by atoms with E-state index < -0.39 is 16.0 Å².